The first-order chi connectivity index (χ1) is 15.3. The maximum absolute atomic E-state index is 4.81. The van der Waals surface area contributed by atoms with E-state index in [1.54, 1.807) is 17.5 Å². The Morgan fingerprint density at radius 3 is 2.87 bits per heavy atom. The van der Waals surface area contributed by atoms with Crippen molar-refractivity contribution >= 4 is 32.3 Å². The molecule has 1 aliphatic carbocycles. The van der Waals surface area contributed by atoms with E-state index >= 15 is 0 Å². The minimum Gasteiger partial charge on any atom is -0.359 e. The van der Waals surface area contributed by atoms with Gasteiger partial charge in [-0.2, -0.15) is 5.10 Å². The molecule has 0 aliphatic heterocycles. The molecule has 1 aliphatic rings. The third kappa shape index (κ3) is 3.70. The lowest BCUT2D eigenvalue weighted by Crippen LogP contribution is -2.21. The summed E-state index contributed by atoms with van der Waals surface area (Å²) >= 11 is 1.77. The van der Waals surface area contributed by atoms with E-state index in [1.807, 2.05) is 23.1 Å². The molecule has 0 radical (unpaired) electrons. The molecule has 0 spiro atoms. The van der Waals surface area contributed by atoms with Gasteiger partial charge in [0.1, 0.15) is 5.65 Å². The highest BCUT2D eigenvalue weighted by atomic mass is 32.1. The number of rotatable bonds is 5. The average molecular weight is 429 g/mol. The van der Waals surface area contributed by atoms with Crippen LogP contribution in [0.2, 0.25) is 0 Å². The molecule has 4 aromatic heterocycles. The van der Waals surface area contributed by atoms with Crippen LogP contribution in [0.1, 0.15) is 43.4 Å². The van der Waals surface area contributed by atoms with Crippen LogP contribution in [0.5, 0.6) is 0 Å². The first-order valence-corrected chi connectivity index (χ1v) is 11.8. The number of fused-ring (bicyclic) bond motifs is 2. The van der Waals surface area contributed by atoms with Crippen molar-refractivity contribution in [2.75, 3.05) is 5.32 Å². The van der Waals surface area contributed by atoms with Gasteiger partial charge in [-0.25, -0.2) is 14.6 Å². The molecule has 6 rings (SSSR count). The summed E-state index contributed by atoms with van der Waals surface area (Å²) in [5.41, 5.74) is 5.47. The van der Waals surface area contributed by atoms with Crippen molar-refractivity contribution in [2.24, 2.45) is 0 Å². The van der Waals surface area contributed by atoms with Crippen molar-refractivity contribution in [3.8, 4) is 5.69 Å². The third-order valence-corrected chi connectivity index (χ3v) is 7.06. The number of hydrogen-bond donors (Lipinski definition) is 1. The molecule has 1 saturated carbocycles. The zero-order valence-corrected chi connectivity index (χ0v) is 18.1. The Kier molecular flexibility index (Phi) is 4.68. The molecule has 31 heavy (non-hydrogen) atoms. The van der Waals surface area contributed by atoms with Crippen LogP contribution in [0.25, 0.3) is 21.6 Å². The molecule has 5 aromatic rings. The highest BCUT2D eigenvalue weighted by Gasteiger charge is 2.15. The topological polar surface area (TPSA) is 60.0 Å². The molecule has 1 N–H and O–H groups in total. The van der Waals surface area contributed by atoms with E-state index in [4.69, 9.17) is 4.98 Å². The number of pyridine rings is 1. The van der Waals surface area contributed by atoms with Gasteiger partial charge in [0, 0.05) is 49.0 Å². The van der Waals surface area contributed by atoms with Crippen LogP contribution in [0.4, 0.5) is 5.13 Å². The van der Waals surface area contributed by atoms with Gasteiger partial charge in [-0.3, -0.25) is 0 Å². The Hall–Kier alpha value is -3.19. The number of hydrogen-bond acceptors (Lipinski definition) is 5. The van der Waals surface area contributed by atoms with E-state index in [0.29, 0.717) is 6.04 Å². The van der Waals surface area contributed by atoms with Crippen LogP contribution in [-0.2, 0) is 6.42 Å². The molecule has 6 nitrogen and oxygen atoms in total. The number of thiazole rings is 1. The molecule has 0 unspecified atom stereocenters. The van der Waals surface area contributed by atoms with Crippen molar-refractivity contribution in [3.63, 3.8) is 0 Å². The SMILES string of the molecule is c1cnn(-c2ccn3c(Cc4ccc5nc(NC6CCCCC6)sc5c4)cnc3c2)c1. The molecule has 1 fully saturated rings. The Morgan fingerprint density at radius 1 is 1.06 bits per heavy atom. The van der Waals surface area contributed by atoms with E-state index in [0.717, 1.165) is 28.4 Å². The molecule has 0 atom stereocenters. The smallest absolute Gasteiger partial charge is 0.184 e. The molecule has 4 heterocycles. The standard InChI is InChI=1S/C24H24N6S/c1-2-5-18(6-3-1)27-24-28-21-8-7-17(14-22(21)31-24)13-20-16-25-23-15-19(9-12-29(20)23)30-11-4-10-26-30/h4,7-12,14-16,18H,1-3,5-6,13H2,(H,27,28). The maximum atomic E-state index is 4.81. The molecule has 1 aromatic carbocycles. The normalized spacial score (nSPS) is 15.1. The van der Waals surface area contributed by atoms with Crippen molar-refractivity contribution in [1.29, 1.82) is 0 Å². The zero-order valence-electron chi connectivity index (χ0n) is 17.2. The highest BCUT2D eigenvalue weighted by Crippen LogP contribution is 2.30. The second kappa shape index (κ2) is 7.81. The number of aromatic nitrogens is 5. The Bertz CT molecular complexity index is 1330. The Morgan fingerprint density at radius 2 is 2.00 bits per heavy atom. The van der Waals surface area contributed by atoms with E-state index in [1.165, 1.54) is 48.1 Å². The van der Waals surface area contributed by atoms with Crippen LogP contribution in [0.15, 0.2) is 61.2 Å². The fourth-order valence-electron chi connectivity index (χ4n) is 4.49. The summed E-state index contributed by atoms with van der Waals surface area (Å²) in [6.45, 7) is 0. The fourth-order valence-corrected chi connectivity index (χ4v) is 5.50. The van der Waals surface area contributed by atoms with Gasteiger partial charge in [-0.05, 0) is 42.7 Å². The number of nitrogens with zero attached hydrogens (tertiary/aromatic N) is 5. The summed E-state index contributed by atoms with van der Waals surface area (Å²) in [4.78, 5) is 9.43. The number of anilines is 1. The second-order valence-corrected chi connectivity index (χ2v) is 9.32. The van der Waals surface area contributed by atoms with Crippen LogP contribution in [-0.4, -0.2) is 30.2 Å². The molecule has 7 heteroatoms. The summed E-state index contributed by atoms with van der Waals surface area (Å²) < 4.78 is 5.25. The summed E-state index contributed by atoms with van der Waals surface area (Å²) in [5, 5.41) is 9.02. The summed E-state index contributed by atoms with van der Waals surface area (Å²) in [6.07, 6.45) is 15.2. The molecular formula is C24H24N6S. The van der Waals surface area contributed by atoms with E-state index in [-0.39, 0.29) is 0 Å². The average Bonchev–Trinajstić information content (AvgIpc) is 3.54. The van der Waals surface area contributed by atoms with Crippen LogP contribution < -0.4 is 5.32 Å². The molecule has 156 valence electrons. The lowest BCUT2D eigenvalue weighted by atomic mass is 9.96. The van der Waals surface area contributed by atoms with Gasteiger partial charge in [-0.1, -0.05) is 36.7 Å². The van der Waals surface area contributed by atoms with Gasteiger partial charge in [0.2, 0.25) is 0 Å². The molecule has 0 bridgehead atoms. The van der Waals surface area contributed by atoms with Gasteiger partial charge >= 0.3 is 0 Å². The fraction of sp³-hybridized carbons (Fsp3) is 0.292. The minimum absolute atomic E-state index is 0.582. The zero-order chi connectivity index (χ0) is 20.6. The van der Waals surface area contributed by atoms with Crippen molar-refractivity contribution in [2.45, 2.75) is 44.6 Å². The van der Waals surface area contributed by atoms with Gasteiger partial charge < -0.3 is 9.72 Å². The predicted octanol–water partition coefficient (Wildman–Crippen LogP) is 5.47. The van der Waals surface area contributed by atoms with Gasteiger partial charge in [0.25, 0.3) is 0 Å². The predicted molar refractivity (Wildman–Crippen MR) is 125 cm³/mol. The summed E-state index contributed by atoms with van der Waals surface area (Å²) in [5.74, 6) is 0. The van der Waals surface area contributed by atoms with Gasteiger partial charge in [0.05, 0.1) is 15.9 Å². The minimum atomic E-state index is 0.582. The van der Waals surface area contributed by atoms with Crippen LogP contribution in [0.3, 0.4) is 0 Å². The summed E-state index contributed by atoms with van der Waals surface area (Å²) in [6, 6.07) is 13.2. The van der Waals surface area contributed by atoms with Crippen molar-refractivity contribution in [1.82, 2.24) is 24.1 Å². The van der Waals surface area contributed by atoms with E-state index in [2.05, 4.69) is 56.3 Å². The monoisotopic (exact) mass is 428 g/mol. The lowest BCUT2D eigenvalue weighted by molar-refractivity contribution is 0.462. The first-order valence-electron chi connectivity index (χ1n) is 10.9. The van der Waals surface area contributed by atoms with Gasteiger partial charge in [0.15, 0.2) is 5.13 Å². The Labute approximate surface area is 184 Å². The Balaban J connectivity index is 1.24. The number of nitrogens with one attached hydrogen (secondary N) is 1. The lowest BCUT2D eigenvalue weighted by Gasteiger charge is -2.22. The molecule has 0 saturated heterocycles. The van der Waals surface area contributed by atoms with Gasteiger partial charge in [-0.15, -0.1) is 0 Å². The van der Waals surface area contributed by atoms with Crippen LogP contribution in [0, 0.1) is 0 Å². The maximum Gasteiger partial charge on any atom is 0.184 e. The van der Waals surface area contributed by atoms with E-state index < -0.39 is 0 Å². The largest absolute Gasteiger partial charge is 0.359 e. The second-order valence-electron chi connectivity index (χ2n) is 8.29. The summed E-state index contributed by atoms with van der Waals surface area (Å²) in [7, 11) is 0. The third-order valence-electron chi connectivity index (χ3n) is 6.11. The highest BCUT2D eigenvalue weighted by molar-refractivity contribution is 7.22. The van der Waals surface area contributed by atoms with Crippen LogP contribution >= 0.6 is 11.3 Å². The number of imidazole rings is 1. The quantitative estimate of drug-likeness (QED) is 0.403. The van der Waals surface area contributed by atoms with E-state index in [9.17, 15) is 0 Å². The van der Waals surface area contributed by atoms with Crippen molar-refractivity contribution in [3.05, 3.63) is 72.4 Å². The molecule has 0 amide bonds. The molecular weight excluding hydrogens is 404 g/mol. The van der Waals surface area contributed by atoms with Crippen molar-refractivity contribution < 1.29 is 0 Å². The first kappa shape index (κ1) is 18.6. The number of benzene rings is 1.